The van der Waals surface area contributed by atoms with E-state index in [0.29, 0.717) is 5.69 Å². The maximum absolute atomic E-state index is 12.1. The van der Waals surface area contributed by atoms with Gasteiger partial charge in [-0.15, -0.1) is 12.4 Å². The van der Waals surface area contributed by atoms with Gasteiger partial charge in [0.2, 0.25) is 0 Å². The van der Waals surface area contributed by atoms with E-state index in [2.05, 4.69) is 5.10 Å². The van der Waals surface area contributed by atoms with Gasteiger partial charge in [0, 0.05) is 7.05 Å². The number of hydrogen-bond acceptors (Lipinski definition) is 2. The second kappa shape index (κ2) is 3.45. The van der Waals surface area contributed by atoms with E-state index in [0.717, 1.165) is 4.68 Å². The lowest BCUT2D eigenvalue weighted by Gasteiger charge is -2.01. The van der Waals surface area contributed by atoms with E-state index in [1.807, 2.05) is 0 Å². The van der Waals surface area contributed by atoms with Crippen LogP contribution in [-0.4, -0.2) is 9.78 Å². The zero-order valence-corrected chi connectivity index (χ0v) is 7.83. The maximum Gasteiger partial charge on any atom is 0.437 e. The Morgan fingerprint density at radius 2 is 1.85 bits per heavy atom. The number of hydrogen-bond donors (Lipinski definition) is 1. The van der Waals surface area contributed by atoms with Gasteiger partial charge in [-0.2, -0.15) is 18.3 Å². The van der Waals surface area contributed by atoms with Gasteiger partial charge in [0.15, 0.2) is 5.69 Å². The Balaban J connectivity index is 0.00000144. The number of nitrogens with two attached hydrogens (primary N) is 1. The molecule has 0 spiro atoms. The van der Waals surface area contributed by atoms with Crippen LogP contribution in [0.25, 0.3) is 0 Å². The molecule has 1 heterocycles. The molecule has 0 bridgehead atoms. The lowest BCUT2D eigenvalue weighted by molar-refractivity contribution is -0.140. The second-order valence-electron chi connectivity index (χ2n) is 2.47. The highest BCUT2D eigenvalue weighted by Crippen LogP contribution is 2.33. The Kier molecular flexibility index (Phi) is 3.21. The van der Waals surface area contributed by atoms with Crippen molar-refractivity contribution in [2.45, 2.75) is 13.1 Å². The van der Waals surface area contributed by atoms with Crippen molar-refractivity contribution in [2.75, 3.05) is 5.73 Å². The van der Waals surface area contributed by atoms with Crippen molar-refractivity contribution in [2.24, 2.45) is 7.05 Å². The van der Waals surface area contributed by atoms with Gasteiger partial charge in [0.25, 0.3) is 0 Å². The van der Waals surface area contributed by atoms with Crippen LogP contribution >= 0.6 is 12.4 Å². The maximum atomic E-state index is 12.1. The average molecular weight is 216 g/mol. The quantitative estimate of drug-likeness (QED) is 0.717. The molecule has 2 N–H and O–H groups in total. The molecule has 0 saturated heterocycles. The number of nitrogen functional groups attached to an aromatic ring is 1. The van der Waals surface area contributed by atoms with Crippen LogP contribution in [0.3, 0.4) is 0 Å². The summed E-state index contributed by atoms with van der Waals surface area (Å²) in [6.45, 7) is 1.48. The van der Waals surface area contributed by atoms with Gasteiger partial charge in [-0.25, -0.2) is 0 Å². The van der Waals surface area contributed by atoms with E-state index >= 15 is 0 Å². The van der Waals surface area contributed by atoms with E-state index in [-0.39, 0.29) is 18.1 Å². The Bertz CT molecular complexity index is 305. The van der Waals surface area contributed by atoms with Crippen molar-refractivity contribution in [3.05, 3.63) is 11.4 Å². The summed E-state index contributed by atoms with van der Waals surface area (Å²) >= 11 is 0. The number of halogens is 4. The van der Waals surface area contributed by atoms with Crippen LogP contribution in [0, 0.1) is 6.92 Å². The number of anilines is 1. The summed E-state index contributed by atoms with van der Waals surface area (Å²) in [4.78, 5) is 0. The molecule has 0 aromatic carbocycles. The predicted molar refractivity (Wildman–Crippen MR) is 44.6 cm³/mol. The van der Waals surface area contributed by atoms with Crippen molar-refractivity contribution in [3.63, 3.8) is 0 Å². The second-order valence-corrected chi connectivity index (χ2v) is 2.47. The molecular weight excluding hydrogens is 207 g/mol. The van der Waals surface area contributed by atoms with Crippen molar-refractivity contribution < 1.29 is 13.2 Å². The minimum atomic E-state index is -4.46. The molecule has 0 aliphatic carbocycles. The number of aryl methyl sites for hydroxylation is 1. The van der Waals surface area contributed by atoms with Crippen molar-refractivity contribution in [1.82, 2.24) is 9.78 Å². The molecule has 0 radical (unpaired) electrons. The van der Waals surface area contributed by atoms with Gasteiger partial charge in [-0.3, -0.25) is 4.68 Å². The summed E-state index contributed by atoms with van der Waals surface area (Å²) < 4.78 is 37.4. The Morgan fingerprint density at radius 3 is 2.00 bits per heavy atom. The molecule has 3 nitrogen and oxygen atoms in total. The first kappa shape index (κ1) is 12.1. The van der Waals surface area contributed by atoms with E-state index in [1.165, 1.54) is 14.0 Å². The van der Waals surface area contributed by atoms with E-state index in [1.54, 1.807) is 0 Å². The van der Waals surface area contributed by atoms with Crippen LogP contribution in [0.4, 0.5) is 18.9 Å². The summed E-state index contributed by atoms with van der Waals surface area (Å²) in [7, 11) is 1.42. The molecule has 0 unspecified atom stereocenters. The molecule has 0 saturated carbocycles. The van der Waals surface area contributed by atoms with Crippen LogP contribution in [0.15, 0.2) is 0 Å². The molecule has 0 aliphatic heterocycles. The Morgan fingerprint density at radius 1 is 1.38 bits per heavy atom. The lowest BCUT2D eigenvalue weighted by atomic mass is 10.3. The molecule has 1 rings (SSSR count). The van der Waals surface area contributed by atoms with Crippen LogP contribution in [0.2, 0.25) is 0 Å². The fourth-order valence-electron chi connectivity index (χ4n) is 0.834. The monoisotopic (exact) mass is 215 g/mol. The van der Waals surface area contributed by atoms with E-state index in [4.69, 9.17) is 5.73 Å². The first-order chi connectivity index (χ1) is 5.34. The van der Waals surface area contributed by atoms with Gasteiger partial charge in [0.1, 0.15) is 0 Å². The van der Waals surface area contributed by atoms with Gasteiger partial charge in [-0.05, 0) is 6.92 Å². The molecule has 1 aromatic rings. The third kappa shape index (κ3) is 2.06. The number of rotatable bonds is 0. The first-order valence-corrected chi connectivity index (χ1v) is 3.20. The van der Waals surface area contributed by atoms with Crippen molar-refractivity contribution in [3.8, 4) is 0 Å². The normalized spacial score (nSPS) is 11.2. The number of aromatic nitrogens is 2. The summed E-state index contributed by atoms with van der Waals surface area (Å²) in [6, 6.07) is 0. The van der Waals surface area contributed by atoms with Gasteiger partial charge in [-0.1, -0.05) is 0 Å². The molecule has 1 aromatic heterocycles. The smallest absolute Gasteiger partial charge is 0.395 e. The van der Waals surface area contributed by atoms with Crippen LogP contribution < -0.4 is 5.73 Å². The first-order valence-electron chi connectivity index (χ1n) is 3.20. The summed E-state index contributed by atoms with van der Waals surface area (Å²) in [5.41, 5.74) is 4.20. The van der Waals surface area contributed by atoms with Gasteiger partial charge >= 0.3 is 6.18 Å². The fourth-order valence-corrected chi connectivity index (χ4v) is 0.834. The zero-order valence-electron chi connectivity index (χ0n) is 7.01. The molecule has 0 amide bonds. The molecule has 0 aliphatic rings. The number of alkyl halides is 3. The number of nitrogens with zero attached hydrogens (tertiary/aromatic N) is 2. The fraction of sp³-hybridized carbons (Fsp3) is 0.500. The molecule has 76 valence electrons. The summed E-state index contributed by atoms with van der Waals surface area (Å²) in [5.74, 6) is 0. The molecule has 7 heteroatoms. The standard InChI is InChI=1S/C6H8F3N3.ClH/c1-3-4(10)5(6(7,8)9)11-12(3)2;/h10H2,1-2H3;1H. The third-order valence-corrected chi connectivity index (χ3v) is 1.65. The highest BCUT2D eigenvalue weighted by molar-refractivity contribution is 5.85. The molecule has 0 atom stereocenters. The lowest BCUT2D eigenvalue weighted by Crippen LogP contribution is -2.09. The average Bonchev–Trinajstić information content (AvgIpc) is 2.15. The highest BCUT2D eigenvalue weighted by atomic mass is 35.5. The largest absolute Gasteiger partial charge is 0.437 e. The van der Waals surface area contributed by atoms with Gasteiger partial charge in [0.05, 0.1) is 11.4 Å². The van der Waals surface area contributed by atoms with E-state index in [9.17, 15) is 13.2 Å². The molecular formula is C6H9ClF3N3. The minimum absolute atomic E-state index is 0. The summed E-state index contributed by atoms with van der Waals surface area (Å²) in [6.07, 6.45) is -4.46. The van der Waals surface area contributed by atoms with Crippen LogP contribution in [0.1, 0.15) is 11.4 Å². The Labute approximate surface area is 79.1 Å². The van der Waals surface area contributed by atoms with Crippen LogP contribution in [0.5, 0.6) is 0 Å². The van der Waals surface area contributed by atoms with Crippen molar-refractivity contribution in [1.29, 1.82) is 0 Å². The van der Waals surface area contributed by atoms with Gasteiger partial charge < -0.3 is 5.73 Å². The third-order valence-electron chi connectivity index (χ3n) is 1.65. The highest BCUT2D eigenvalue weighted by Gasteiger charge is 2.37. The van der Waals surface area contributed by atoms with E-state index < -0.39 is 11.9 Å². The zero-order chi connectivity index (χ0) is 9.52. The SMILES string of the molecule is Cc1c(N)c(C(F)(F)F)nn1C.Cl. The predicted octanol–water partition coefficient (Wildman–Crippen LogP) is 1.75. The van der Waals surface area contributed by atoms with Crippen molar-refractivity contribution >= 4 is 18.1 Å². The molecule has 0 fully saturated rings. The van der Waals surface area contributed by atoms with Crippen LogP contribution in [-0.2, 0) is 13.2 Å². The minimum Gasteiger partial charge on any atom is -0.395 e. The summed E-state index contributed by atoms with van der Waals surface area (Å²) in [5, 5.41) is 3.25. The Hall–Kier alpha value is -0.910. The topological polar surface area (TPSA) is 43.8 Å². The molecule has 13 heavy (non-hydrogen) atoms.